The second kappa shape index (κ2) is 6.91. The Morgan fingerprint density at radius 2 is 1.96 bits per heavy atom. The van der Waals surface area contributed by atoms with Crippen LogP contribution in [0.25, 0.3) is 0 Å². The van der Waals surface area contributed by atoms with E-state index in [1.165, 1.54) is 18.2 Å². The van der Waals surface area contributed by atoms with Gasteiger partial charge in [0.05, 0.1) is 4.92 Å². The zero-order chi connectivity index (χ0) is 17.0. The highest BCUT2D eigenvalue weighted by molar-refractivity contribution is 5.73. The molecule has 0 bridgehead atoms. The molecule has 0 fully saturated rings. The highest BCUT2D eigenvalue weighted by atomic mass is 16.6. The van der Waals surface area contributed by atoms with Crippen LogP contribution in [0.15, 0.2) is 42.5 Å². The first-order valence-corrected chi connectivity index (χ1v) is 7.07. The van der Waals surface area contributed by atoms with Crippen molar-refractivity contribution in [2.75, 3.05) is 0 Å². The topological polar surface area (TPSA) is 89.7 Å². The molecule has 0 saturated carbocycles. The fourth-order valence-electron chi connectivity index (χ4n) is 2.14. The molecule has 0 aliphatic rings. The van der Waals surface area contributed by atoms with Crippen LogP contribution in [-0.4, -0.2) is 22.1 Å². The van der Waals surface area contributed by atoms with Gasteiger partial charge in [0.15, 0.2) is 6.10 Å². The third kappa shape index (κ3) is 4.29. The van der Waals surface area contributed by atoms with Gasteiger partial charge >= 0.3 is 5.97 Å². The van der Waals surface area contributed by atoms with E-state index in [4.69, 9.17) is 4.74 Å². The van der Waals surface area contributed by atoms with Crippen LogP contribution in [0.2, 0.25) is 0 Å². The van der Waals surface area contributed by atoms with E-state index in [1.807, 2.05) is 19.9 Å². The Bertz CT molecular complexity index is 742. The normalized spacial score (nSPS) is 11.7. The number of carboxylic acid groups (broad SMARTS) is 1. The Labute approximate surface area is 133 Å². The van der Waals surface area contributed by atoms with Crippen LogP contribution in [0.1, 0.15) is 16.7 Å². The van der Waals surface area contributed by atoms with Gasteiger partial charge in [0.25, 0.3) is 5.69 Å². The summed E-state index contributed by atoms with van der Waals surface area (Å²) in [4.78, 5) is 21.7. The van der Waals surface area contributed by atoms with Crippen LogP contribution in [-0.2, 0) is 11.2 Å². The first-order chi connectivity index (χ1) is 10.9. The van der Waals surface area contributed by atoms with E-state index in [1.54, 1.807) is 18.2 Å². The van der Waals surface area contributed by atoms with Crippen LogP contribution in [0.4, 0.5) is 5.69 Å². The number of carboxylic acids is 1. The molecule has 1 N–H and O–H groups in total. The predicted octanol–water partition coefficient (Wildman–Crippen LogP) is 3.29. The number of hydrogen-bond acceptors (Lipinski definition) is 4. The molecule has 0 unspecified atom stereocenters. The number of non-ortho nitro benzene ring substituents is 1. The van der Waals surface area contributed by atoms with Gasteiger partial charge in [-0.25, -0.2) is 4.79 Å². The van der Waals surface area contributed by atoms with Gasteiger partial charge in [0.2, 0.25) is 0 Å². The Hall–Kier alpha value is -2.89. The van der Waals surface area contributed by atoms with Gasteiger partial charge in [0.1, 0.15) is 5.75 Å². The minimum atomic E-state index is -1.12. The summed E-state index contributed by atoms with van der Waals surface area (Å²) in [6, 6.07) is 11.2. The summed E-state index contributed by atoms with van der Waals surface area (Å²) < 4.78 is 5.55. The largest absolute Gasteiger partial charge is 0.478 e. The van der Waals surface area contributed by atoms with Crippen molar-refractivity contribution in [3.8, 4) is 5.75 Å². The smallest absolute Gasteiger partial charge is 0.345 e. The summed E-state index contributed by atoms with van der Waals surface area (Å²) in [5.41, 5.74) is 2.55. The summed E-state index contributed by atoms with van der Waals surface area (Å²) >= 11 is 0. The lowest BCUT2D eigenvalue weighted by atomic mass is 10.1. The summed E-state index contributed by atoms with van der Waals surface area (Å²) in [6.07, 6.45) is -1.07. The van der Waals surface area contributed by atoms with Crippen molar-refractivity contribution in [1.29, 1.82) is 0 Å². The monoisotopic (exact) mass is 315 g/mol. The maximum absolute atomic E-state index is 11.4. The molecule has 0 heterocycles. The molecular weight excluding hydrogens is 298 g/mol. The number of nitro benzene ring substituents is 1. The molecular formula is C17H17NO5. The maximum Gasteiger partial charge on any atom is 0.345 e. The third-order valence-electron chi connectivity index (χ3n) is 3.57. The third-order valence-corrected chi connectivity index (χ3v) is 3.57. The first-order valence-electron chi connectivity index (χ1n) is 7.07. The molecule has 0 radical (unpaired) electrons. The summed E-state index contributed by atoms with van der Waals surface area (Å²) in [5, 5.41) is 20.1. The molecule has 6 nitrogen and oxygen atoms in total. The number of ether oxygens (including phenoxy) is 1. The van der Waals surface area contributed by atoms with E-state index in [9.17, 15) is 20.0 Å². The lowest BCUT2D eigenvalue weighted by molar-refractivity contribution is -0.384. The van der Waals surface area contributed by atoms with Gasteiger partial charge in [-0.15, -0.1) is 0 Å². The van der Waals surface area contributed by atoms with Crippen molar-refractivity contribution in [3.63, 3.8) is 0 Å². The minimum absolute atomic E-state index is 0.0456. The fraction of sp³-hybridized carbons (Fsp3) is 0.235. The fourth-order valence-corrected chi connectivity index (χ4v) is 2.14. The van der Waals surface area contributed by atoms with Crippen molar-refractivity contribution in [3.05, 3.63) is 69.3 Å². The van der Waals surface area contributed by atoms with Gasteiger partial charge in [0, 0.05) is 18.6 Å². The number of hydrogen-bond donors (Lipinski definition) is 1. The molecule has 0 saturated heterocycles. The molecule has 2 aromatic carbocycles. The van der Waals surface area contributed by atoms with E-state index in [0.29, 0.717) is 11.3 Å². The Morgan fingerprint density at radius 3 is 2.57 bits per heavy atom. The van der Waals surface area contributed by atoms with Gasteiger partial charge in [-0.05, 0) is 42.7 Å². The lowest BCUT2D eigenvalue weighted by Crippen LogP contribution is -2.29. The summed E-state index contributed by atoms with van der Waals surface area (Å²) in [6.45, 7) is 3.87. The van der Waals surface area contributed by atoms with Crippen LogP contribution >= 0.6 is 0 Å². The summed E-state index contributed by atoms with van der Waals surface area (Å²) in [7, 11) is 0. The second-order valence-corrected chi connectivity index (χ2v) is 5.32. The van der Waals surface area contributed by atoms with Gasteiger partial charge in [-0.1, -0.05) is 18.2 Å². The van der Waals surface area contributed by atoms with Crippen LogP contribution in [0.3, 0.4) is 0 Å². The van der Waals surface area contributed by atoms with Gasteiger partial charge < -0.3 is 9.84 Å². The van der Waals surface area contributed by atoms with Crippen molar-refractivity contribution < 1.29 is 19.6 Å². The van der Waals surface area contributed by atoms with Crippen LogP contribution < -0.4 is 4.74 Å². The number of nitrogens with zero attached hydrogens (tertiary/aromatic N) is 1. The molecule has 120 valence electrons. The Balaban J connectivity index is 2.18. The average Bonchev–Trinajstić information content (AvgIpc) is 2.50. The number of nitro groups is 1. The molecule has 0 amide bonds. The van der Waals surface area contributed by atoms with E-state index in [0.717, 1.165) is 11.1 Å². The minimum Gasteiger partial charge on any atom is -0.478 e. The number of benzene rings is 2. The molecule has 0 aliphatic heterocycles. The molecule has 0 aliphatic carbocycles. The standard InChI is InChI=1S/C17H17NO5/c1-11-6-7-15(8-12(11)2)23-16(17(19)20)10-13-4-3-5-14(9-13)18(21)22/h3-9,16H,10H2,1-2H3,(H,19,20)/t16-/m1/s1. The first kappa shape index (κ1) is 16.5. The maximum atomic E-state index is 11.4. The molecule has 0 aromatic heterocycles. The Morgan fingerprint density at radius 1 is 1.22 bits per heavy atom. The molecule has 1 atom stereocenters. The Kier molecular flexibility index (Phi) is 4.95. The van der Waals surface area contributed by atoms with Crippen molar-refractivity contribution in [2.24, 2.45) is 0 Å². The summed E-state index contributed by atoms with van der Waals surface area (Å²) in [5.74, 6) is -0.652. The van der Waals surface area contributed by atoms with Gasteiger partial charge in [-0.3, -0.25) is 10.1 Å². The van der Waals surface area contributed by atoms with E-state index in [2.05, 4.69) is 0 Å². The zero-order valence-corrected chi connectivity index (χ0v) is 12.9. The average molecular weight is 315 g/mol. The quantitative estimate of drug-likeness (QED) is 0.652. The number of aliphatic carboxylic acids is 1. The molecule has 2 aromatic rings. The molecule has 0 spiro atoms. The van der Waals surface area contributed by atoms with Crippen LogP contribution in [0, 0.1) is 24.0 Å². The number of aryl methyl sites for hydroxylation is 2. The van der Waals surface area contributed by atoms with Crippen molar-refractivity contribution in [2.45, 2.75) is 26.4 Å². The highest BCUT2D eigenvalue weighted by Gasteiger charge is 2.21. The number of rotatable bonds is 6. The zero-order valence-electron chi connectivity index (χ0n) is 12.9. The van der Waals surface area contributed by atoms with Crippen molar-refractivity contribution in [1.82, 2.24) is 0 Å². The van der Waals surface area contributed by atoms with Crippen LogP contribution in [0.5, 0.6) is 5.75 Å². The molecule has 2 rings (SSSR count). The van der Waals surface area contributed by atoms with E-state index < -0.39 is 17.0 Å². The molecule has 23 heavy (non-hydrogen) atoms. The lowest BCUT2D eigenvalue weighted by Gasteiger charge is -2.16. The van der Waals surface area contributed by atoms with E-state index >= 15 is 0 Å². The van der Waals surface area contributed by atoms with E-state index in [-0.39, 0.29) is 12.1 Å². The number of carbonyl (C=O) groups is 1. The second-order valence-electron chi connectivity index (χ2n) is 5.32. The van der Waals surface area contributed by atoms with Gasteiger partial charge in [-0.2, -0.15) is 0 Å². The highest BCUT2D eigenvalue weighted by Crippen LogP contribution is 2.20. The predicted molar refractivity (Wildman–Crippen MR) is 84.8 cm³/mol. The SMILES string of the molecule is Cc1ccc(O[C@H](Cc2cccc([N+](=O)[O-])c2)C(=O)O)cc1C. The molecule has 6 heteroatoms. The van der Waals surface area contributed by atoms with Crippen molar-refractivity contribution >= 4 is 11.7 Å².